The molecule has 0 aromatic carbocycles. The standard InChI is InChI=1S/C15H26O2/c1-4-15(5-2)10-16-14(17-11-15)13-9-7-6-8-12(13)3/h6-7,12-14H,4-5,8-11H2,1-3H3/t12-,13-/m1/s1. The van der Waals surface area contributed by atoms with Crippen molar-refractivity contribution in [3.63, 3.8) is 0 Å². The molecule has 2 atom stereocenters. The third kappa shape index (κ3) is 2.74. The molecule has 0 unspecified atom stereocenters. The van der Waals surface area contributed by atoms with Crippen molar-refractivity contribution < 1.29 is 9.47 Å². The Kier molecular flexibility index (Phi) is 4.26. The Morgan fingerprint density at radius 2 is 1.65 bits per heavy atom. The van der Waals surface area contributed by atoms with Gasteiger partial charge in [0.2, 0.25) is 0 Å². The molecule has 1 aliphatic carbocycles. The smallest absolute Gasteiger partial charge is 0.160 e. The van der Waals surface area contributed by atoms with E-state index in [2.05, 4.69) is 32.9 Å². The lowest BCUT2D eigenvalue weighted by atomic mass is 9.81. The summed E-state index contributed by atoms with van der Waals surface area (Å²) < 4.78 is 12.1. The lowest BCUT2D eigenvalue weighted by molar-refractivity contribution is -0.257. The molecule has 0 aromatic heterocycles. The number of allylic oxidation sites excluding steroid dienone is 2. The van der Waals surface area contributed by atoms with Crippen molar-refractivity contribution in [2.45, 2.75) is 52.7 Å². The lowest BCUT2D eigenvalue weighted by Gasteiger charge is -2.43. The van der Waals surface area contributed by atoms with Gasteiger partial charge in [0.1, 0.15) is 0 Å². The van der Waals surface area contributed by atoms with Crippen LogP contribution in [-0.2, 0) is 9.47 Å². The van der Waals surface area contributed by atoms with E-state index in [1.807, 2.05) is 0 Å². The summed E-state index contributed by atoms with van der Waals surface area (Å²) in [5.41, 5.74) is 0.268. The minimum Gasteiger partial charge on any atom is -0.352 e. The molecule has 0 bridgehead atoms. The van der Waals surface area contributed by atoms with Crippen LogP contribution >= 0.6 is 0 Å². The Hall–Kier alpha value is -0.340. The number of hydrogen-bond donors (Lipinski definition) is 0. The van der Waals surface area contributed by atoms with E-state index < -0.39 is 0 Å². The van der Waals surface area contributed by atoms with Gasteiger partial charge in [0.05, 0.1) is 13.2 Å². The molecule has 0 saturated carbocycles. The van der Waals surface area contributed by atoms with Crippen molar-refractivity contribution in [3.8, 4) is 0 Å². The highest BCUT2D eigenvalue weighted by atomic mass is 16.7. The van der Waals surface area contributed by atoms with Crippen molar-refractivity contribution in [1.82, 2.24) is 0 Å². The topological polar surface area (TPSA) is 18.5 Å². The van der Waals surface area contributed by atoms with Crippen LogP contribution in [0.1, 0.15) is 46.5 Å². The molecule has 98 valence electrons. The van der Waals surface area contributed by atoms with Gasteiger partial charge in [-0.3, -0.25) is 0 Å². The zero-order valence-corrected chi connectivity index (χ0v) is 11.4. The maximum atomic E-state index is 6.03. The molecule has 0 aromatic rings. The summed E-state index contributed by atoms with van der Waals surface area (Å²) >= 11 is 0. The van der Waals surface area contributed by atoms with Crippen LogP contribution in [0.25, 0.3) is 0 Å². The number of hydrogen-bond acceptors (Lipinski definition) is 2. The van der Waals surface area contributed by atoms with Gasteiger partial charge in [-0.2, -0.15) is 0 Å². The van der Waals surface area contributed by atoms with Gasteiger partial charge in [0.15, 0.2) is 6.29 Å². The van der Waals surface area contributed by atoms with Gasteiger partial charge < -0.3 is 9.47 Å². The maximum Gasteiger partial charge on any atom is 0.160 e. The normalized spacial score (nSPS) is 33.8. The molecule has 1 fully saturated rings. The zero-order chi connectivity index (χ0) is 12.3. The van der Waals surface area contributed by atoms with Crippen LogP contribution in [0.15, 0.2) is 12.2 Å². The summed E-state index contributed by atoms with van der Waals surface area (Å²) in [5.74, 6) is 1.23. The lowest BCUT2D eigenvalue weighted by Crippen LogP contribution is -2.45. The summed E-state index contributed by atoms with van der Waals surface area (Å²) in [7, 11) is 0. The first-order valence-electron chi connectivity index (χ1n) is 7.09. The molecule has 1 saturated heterocycles. The van der Waals surface area contributed by atoms with Crippen molar-refractivity contribution in [3.05, 3.63) is 12.2 Å². The molecule has 0 N–H and O–H groups in total. The molecule has 0 spiro atoms. The van der Waals surface area contributed by atoms with Gasteiger partial charge in [-0.25, -0.2) is 0 Å². The highest BCUT2D eigenvalue weighted by molar-refractivity contribution is 4.95. The van der Waals surface area contributed by atoms with Gasteiger partial charge >= 0.3 is 0 Å². The fourth-order valence-corrected chi connectivity index (χ4v) is 2.86. The summed E-state index contributed by atoms with van der Waals surface area (Å²) in [6.45, 7) is 8.53. The van der Waals surface area contributed by atoms with Gasteiger partial charge in [-0.1, -0.05) is 32.9 Å². The quantitative estimate of drug-likeness (QED) is 0.697. The number of rotatable bonds is 3. The van der Waals surface area contributed by atoms with Gasteiger partial charge in [-0.05, 0) is 31.6 Å². The Bertz CT molecular complexity index is 258. The second-order valence-corrected chi connectivity index (χ2v) is 5.78. The van der Waals surface area contributed by atoms with E-state index in [-0.39, 0.29) is 11.7 Å². The van der Waals surface area contributed by atoms with Crippen LogP contribution in [0.5, 0.6) is 0 Å². The predicted octanol–water partition coefficient (Wildman–Crippen LogP) is 3.77. The fraction of sp³-hybridized carbons (Fsp3) is 0.867. The summed E-state index contributed by atoms with van der Waals surface area (Å²) in [6.07, 6.45) is 9.16. The molecule has 17 heavy (non-hydrogen) atoms. The SMILES string of the molecule is CCC1(CC)COC([C@@H]2CC=CC[C@H]2C)OC1. The Morgan fingerprint density at radius 1 is 1.06 bits per heavy atom. The molecule has 2 nitrogen and oxygen atoms in total. The zero-order valence-electron chi connectivity index (χ0n) is 11.4. The van der Waals surface area contributed by atoms with Gasteiger partial charge in [0, 0.05) is 11.3 Å². The first kappa shape index (κ1) is 13.1. The molecule has 1 aliphatic heterocycles. The van der Waals surface area contributed by atoms with Crippen LogP contribution < -0.4 is 0 Å². The summed E-state index contributed by atoms with van der Waals surface area (Å²) in [5, 5.41) is 0. The number of ether oxygens (including phenoxy) is 2. The predicted molar refractivity (Wildman–Crippen MR) is 69.7 cm³/mol. The average molecular weight is 238 g/mol. The molecule has 2 rings (SSSR count). The third-order valence-corrected chi connectivity index (χ3v) is 4.77. The van der Waals surface area contributed by atoms with E-state index in [9.17, 15) is 0 Å². The van der Waals surface area contributed by atoms with E-state index in [1.165, 1.54) is 6.42 Å². The van der Waals surface area contributed by atoms with E-state index in [1.54, 1.807) is 0 Å². The second-order valence-electron chi connectivity index (χ2n) is 5.78. The van der Waals surface area contributed by atoms with Crippen molar-refractivity contribution >= 4 is 0 Å². The molecular weight excluding hydrogens is 212 g/mol. The molecular formula is C15H26O2. The average Bonchev–Trinajstić information content (AvgIpc) is 2.40. The van der Waals surface area contributed by atoms with Crippen LogP contribution in [0, 0.1) is 17.3 Å². The van der Waals surface area contributed by atoms with E-state index in [0.29, 0.717) is 11.8 Å². The van der Waals surface area contributed by atoms with Crippen LogP contribution in [-0.4, -0.2) is 19.5 Å². The highest BCUT2D eigenvalue weighted by Gasteiger charge is 2.38. The second kappa shape index (κ2) is 5.53. The molecule has 0 radical (unpaired) electrons. The Morgan fingerprint density at radius 3 is 2.18 bits per heavy atom. The largest absolute Gasteiger partial charge is 0.352 e. The van der Waals surface area contributed by atoms with Crippen LogP contribution in [0.3, 0.4) is 0 Å². The monoisotopic (exact) mass is 238 g/mol. The minimum atomic E-state index is 0.0289. The first-order valence-corrected chi connectivity index (χ1v) is 7.09. The molecule has 1 heterocycles. The first-order chi connectivity index (χ1) is 8.21. The summed E-state index contributed by atoms with van der Waals surface area (Å²) in [4.78, 5) is 0. The molecule has 2 aliphatic rings. The fourth-order valence-electron chi connectivity index (χ4n) is 2.86. The maximum absolute atomic E-state index is 6.03. The Labute approximate surface area is 105 Å². The summed E-state index contributed by atoms with van der Waals surface area (Å²) in [6, 6.07) is 0. The van der Waals surface area contributed by atoms with Crippen molar-refractivity contribution in [1.29, 1.82) is 0 Å². The van der Waals surface area contributed by atoms with Crippen molar-refractivity contribution in [2.75, 3.05) is 13.2 Å². The van der Waals surface area contributed by atoms with E-state index >= 15 is 0 Å². The molecule has 2 heteroatoms. The third-order valence-electron chi connectivity index (χ3n) is 4.77. The van der Waals surface area contributed by atoms with Crippen LogP contribution in [0.2, 0.25) is 0 Å². The van der Waals surface area contributed by atoms with E-state index in [0.717, 1.165) is 32.5 Å². The molecule has 0 amide bonds. The van der Waals surface area contributed by atoms with Crippen LogP contribution in [0.4, 0.5) is 0 Å². The Balaban J connectivity index is 1.92. The minimum absolute atomic E-state index is 0.0289. The van der Waals surface area contributed by atoms with Gasteiger partial charge in [-0.15, -0.1) is 0 Å². The van der Waals surface area contributed by atoms with E-state index in [4.69, 9.17) is 9.47 Å². The van der Waals surface area contributed by atoms with Crippen molar-refractivity contribution in [2.24, 2.45) is 17.3 Å². The highest BCUT2D eigenvalue weighted by Crippen LogP contribution is 2.37. The van der Waals surface area contributed by atoms with Gasteiger partial charge in [0.25, 0.3) is 0 Å².